The summed E-state index contributed by atoms with van der Waals surface area (Å²) in [6.45, 7) is 2.69. The van der Waals surface area contributed by atoms with Crippen LogP contribution in [0, 0.1) is 6.92 Å². The summed E-state index contributed by atoms with van der Waals surface area (Å²) in [5.41, 5.74) is 10.6. The van der Waals surface area contributed by atoms with Gasteiger partial charge in [0, 0.05) is 24.5 Å². The van der Waals surface area contributed by atoms with Gasteiger partial charge in [-0.1, -0.05) is 24.3 Å². The minimum absolute atomic E-state index is 0.577. The molecule has 0 aliphatic carbocycles. The van der Waals surface area contributed by atoms with Crippen molar-refractivity contribution in [3.05, 3.63) is 47.8 Å². The lowest BCUT2D eigenvalue weighted by Gasteiger charge is -2.05. The van der Waals surface area contributed by atoms with Crippen LogP contribution in [0.1, 0.15) is 11.1 Å². The number of aromatic nitrogens is 1. The van der Waals surface area contributed by atoms with Gasteiger partial charge in [-0.25, -0.2) is 0 Å². The first-order chi connectivity index (χ1) is 6.83. The Morgan fingerprint density at radius 3 is 2.64 bits per heavy atom. The molecule has 72 valence electrons. The van der Waals surface area contributed by atoms with E-state index in [9.17, 15) is 0 Å². The molecule has 0 aliphatic heterocycles. The first kappa shape index (κ1) is 9.03. The van der Waals surface area contributed by atoms with Crippen LogP contribution < -0.4 is 5.73 Å². The smallest absolute Gasteiger partial charge is 0.0199 e. The standard InChI is InChI=1S/C12H14N2/c1-9-4-2-3-5-11(9)12-8-14-7-10(12)6-13/h2-5,7-8,14H,6,13H2,1H3. The summed E-state index contributed by atoms with van der Waals surface area (Å²) in [6, 6.07) is 8.34. The second kappa shape index (κ2) is 3.68. The molecule has 2 rings (SSSR count). The first-order valence-corrected chi connectivity index (χ1v) is 4.74. The number of hydrogen-bond acceptors (Lipinski definition) is 1. The van der Waals surface area contributed by atoms with E-state index in [2.05, 4.69) is 30.1 Å². The summed E-state index contributed by atoms with van der Waals surface area (Å²) in [6.07, 6.45) is 3.96. The van der Waals surface area contributed by atoms with Crippen molar-refractivity contribution in [1.29, 1.82) is 0 Å². The third kappa shape index (κ3) is 1.44. The Labute approximate surface area is 83.8 Å². The van der Waals surface area contributed by atoms with E-state index in [4.69, 9.17) is 5.73 Å². The van der Waals surface area contributed by atoms with Crippen LogP contribution in [0.25, 0.3) is 11.1 Å². The molecular formula is C12H14N2. The second-order valence-corrected chi connectivity index (χ2v) is 3.41. The monoisotopic (exact) mass is 186 g/mol. The van der Waals surface area contributed by atoms with Crippen LogP contribution in [0.4, 0.5) is 0 Å². The van der Waals surface area contributed by atoms with Crippen molar-refractivity contribution >= 4 is 0 Å². The lowest BCUT2D eigenvalue weighted by Crippen LogP contribution is -1.96. The van der Waals surface area contributed by atoms with Crippen LogP contribution in [0.15, 0.2) is 36.7 Å². The Balaban J connectivity index is 2.54. The average molecular weight is 186 g/mol. The van der Waals surface area contributed by atoms with Crippen LogP contribution >= 0.6 is 0 Å². The summed E-state index contributed by atoms with van der Waals surface area (Å²) in [5, 5.41) is 0. The molecule has 3 N–H and O–H groups in total. The maximum absolute atomic E-state index is 5.66. The third-order valence-electron chi connectivity index (χ3n) is 2.49. The fourth-order valence-electron chi connectivity index (χ4n) is 1.69. The fraction of sp³-hybridized carbons (Fsp3) is 0.167. The Bertz CT molecular complexity index is 429. The maximum Gasteiger partial charge on any atom is 0.0199 e. The van der Waals surface area contributed by atoms with Crippen molar-refractivity contribution < 1.29 is 0 Å². The van der Waals surface area contributed by atoms with E-state index in [1.807, 2.05) is 18.5 Å². The molecule has 0 saturated carbocycles. The van der Waals surface area contributed by atoms with Crippen LogP contribution in [-0.4, -0.2) is 4.98 Å². The van der Waals surface area contributed by atoms with Crippen molar-refractivity contribution in [2.45, 2.75) is 13.5 Å². The van der Waals surface area contributed by atoms with Gasteiger partial charge in [-0.3, -0.25) is 0 Å². The molecule has 0 amide bonds. The molecular weight excluding hydrogens is 172 g/mol. The Morgan fingerprint density at radius 1 is 1.14 bits per heavy atom. The van der Waals surface area contributed by atoms with E-state index >= 15 is 0 Å². The highest BCUT2D eigenvalue weighted by atomic mass is 14.7. The van der Waals surface area contributed by atoms with Crippen LogP contribution in [0.2, 0.25) is 0 Å². The Hall–Kier alpha value is -1.54. The number of nitrogens with two attached hydrogens (primary N) is 1. The molecule has 0 fully saturated rings. The van der Waals surface area contributed by atoms with Gasteiger partial charge < -0.3 is 10.7 Å². The van der Waals surface area contributed by atoms with Crippen molar-refractivity contribution in [2.75, 3.05) is 0 Å². The van der Waals surface area contributed by atoms with Gasteiger partial charge in [-0.05, 0) is 23.6 Å². The molecule has 0 bridgehead atoms. The van der Waals surface area contributed by atoms with Gasteiger partial charge in [0.15, 0.2) is 0 Å². The largest absolute Gasteiger partial charge is 0.367 e. The SMILES string of the molecule is Cc1ccccc1-c1c[nH]cc1CN. The highest BCUT2D eigenvalue weighted by Crippen LogP contribution is 2.25. The third-order valence-corrected chi connectivity index (χ3v) is 2.49. The van der Waals surface area contributed by atoms with E-state index in [1.54, 1.807) is 0 Å². The van der Waals surface area contributed by atoms with E-state index < -0.39 is 0 Å². The normalized spacial score (nSPS) is 10.4. The van der Waals surface area contributed by atoms with Crippen LogP contribution in [-0.2, 0) is 6.54 Å². The van der Waals surface area contributed by atoms with Gasteiger partial charge in [0.2, 0.25) is 0 Å². The zero-order chi connectivity index (χ0) is 9.97. The van der Waals surface area contributed by atoms with E-state index in [1.165, 1.54) is 22.3 Å². The number of H-pyrrole nitrogens is 1. The fourth-order valence-corrected chi connectivity index (χ4v) is 1.69. The summed E-state index contributed by atoms with van der Waals surface area (Å²) in [7, 11) is 0. The highest BCUT2D eigenvalue weighted by molar-refractivity contribution is 5.69. The highest BCUT2D eigenvalue weighted by Gasteiger charge is 2.06. The zero-order valence-electron chi connectivity index (χ0n) is 8.25. The number of nitrogens with one attached hydrogen (secondary N) is 1. The zero-order valence-corrected chi connectivity index (χ0v) is 8.25. The van der Waals surface area contributed by atoms with Crippen molar-refractivity contribution in [2.24, 2.45) is 5.73 Å². The first-order valence-electron chi connectivity index (χ1n) is 4.74. The van der Waals surface area contributed by atoms with Gasteiger partial charge in [-0.2, -0.15) is 0 Å². The Morgan fingerprint density at radius 2 is 1.93 bits per heavy atom. The Kier molecular flexibility index (Phi) is 2.37. The van der Waals surface area contributed by atoms with E-state index in [0.29, 0.717) is 6.54 Å². The summed E-state index contributed by atoms with van der Waals surface area (Å²) in [4.78, 5) is 3.09. The topological polar surface area (TPSA) is 41.8 Å². The predicted octanol–water partition coefficient (Wildman–Crippen LogP) is 2.45. The molecule has 2 nitrogen and oxygen atoms in total. The summed E-state index contributed by atoms with van der Waals surface area (Å²) in [5.74, 6) is 0. The molecule has 1 aromatic heterocycles. The van der Waals surface area contributed by atoms with E-state index in [0.717, 1.165) is 0 Å². The van der Waals surface area contributed by atoms with Crippen molar-refractivity contribution in [3.8, 4) is 11.1 Å². The molecule has 0 atom stereocenters. The quantitative estimate of drug-likeness (QED) is 0.743. The van der Waals surface area contributed by atoms with Crippen LogP contribution in [0.5, 0.6) is 0 Å². The molecule has 0 radical (unpaired) electrons. The maximum atomic E-state index is 5.66. The van der Waals surface area contributed by atoms with Crippen molar-refractivity contribution in [1.82, 2.24) is 4.98 Å². The van der Waals surface area contributed by atoms with Gasteiger partial charge in [-0.15, -0.1) is 0 Å². The van der Waals surface area contributed by atoms with Gasteiger partial charge in [0.1, 0.15) is 0 Å². The lowest BCUT2D eigenvalue weighted by atomic mass is 10.00. The number of benzene rings is 1. The minimum atomic E-state index is 0.577. The molecule has 0 saturated heterocycles. The summed E-state index contributed by atoms with van der Waals surface area (Å²) >= 11 is 0. The molecule has 1 aromatic carbocycles. The minimum Gasteiger partial charge on any atom is -0.367 e. The molecule has 0 spiro atoms. The van der Waals surface area contributed by atoms with E-state index in [-0.39, 0.29) is 0 Å². The average Bonchev–Trinajstić information content (AvgIpc) is 2.66. The predicted molar refractivity (Wildman–Crippen MR) is 58.9 cm³/mol. The number of aryl methyl sites for hydroxylation is 1. The van der Waals surface area contributed by atoms with Gasteiger partial charge in [0.05, 0.1) is 0 Å². The van der Waals surface area contributed by atoms with Crippen LogP contribution in [0.3, 0.4) is 0 Å². The lowest BCUT2D eigenvalue weighted by molar-refractivity contribution is 1.08. The van der Waals surface area contributed by atoms with Crippen molar-refractivity contribution in [3.63, 3.8) is 0 Å². The number of hydrogen-bond donors (Lipinski definition) is 2. The summed E-state index contributed by atoms with van der Waals surface area (Å²) < 4.78 is 0. The van der Waals surface area contributed by atoms with Gasteiger partial charge >= 0.3 is 0 Å². The van der Waals surface area contributed by atoms with Gasteiger partial charge in [0.25, 0.3) is 0 Å². The molecule has 2 aromatic rings. The molecule has 0 unspecified atom stereocenters. The molecule has 2 heteroatoms. The molecule has 14 heavy (non-hydrogen) atoms. The second-order valence-electron chi connectivity index (χ2n) is 3.41. The molecule has 1 heterocycles. The number of rotatable bonds is 2. The number of aromatic amines is 1. The molecule has 0 aliphatic rings.